The number of aryl methyl sites for hydroxylation is 1. The average molecular weight is 456 g/mol. The zero-order valence-corrected chi connectivity index (χ0v) is 18.2. The third kappa shape index (κ3) is 4.95. The summed E-state index contributed by atoms with van der Waals surface area (Å²) in [6.07, 6.45) is 3.01. The molecule has 0 radical (unpaired) electrons. The molecular formula is C23H22FN3O4S. The van der Waals surface area contributed by atoms with E-state index in [1.165, 1.54) is 37.4 Å². The Morgan fingerprint density at radius 2 is 2.03 bits per heavy atom. The van der Waals surface area contributed by atoms with Crippen molar-refractivity contribution in [3.63, 3.8) is 0 Å². The zero-order valence-electron chi connectivity index (χ0n) is 17.4. The van der Waals surface area contributed by atoms with Gasteiger partial charge in [0.25, 0.3) is 0 Å². The summed E-state index contributed by atoms with van der Waals surface area (Å²) in [6.45, 7) is 2.19. The van der Waals surface area contributed by atoms with Gasteiger partial charge in [0.2, 0.25) is 21.8 Å². The van der Waals surface area contributed by atoms with Crippen LogP contribution in [0.2, 0.25) is 0 Å². The highest BCUT2D eigenvalue weighted by molar-refractivity contribution is 7.89. The first-order valence-corrected chi connectivity index (χ1v) is 11.6. The fourth-order valence-electron chi connectivity index (χ4n) is 3.56. The van der Waals surface area contributed by atoms with Gasteiger partial charge in [0.1, 0.15) is 11.6 Å². The van der Waals surface area contributed by atoms with Gasteiger partial charge in [-0.25, -0.2) is 22.5 Å². The van der Waals surface area contributed by atoms with Crippen molar-refractivity contribution >= 4 is 21.6 Å². The molecule has 1 aliphatic heterocycles. The lowest BCUT2D eigenvalue weighted by atomic mass is 10.0. The van der Waals surface area contributed by atoms with E-state index in [-0.39, 0.29) is 23.2 Å². The van der Waals surface area contributed by atoms with E-state index < -0.39 is 15.8 Å². The third-order valence-corrected chi connectivity index (χ3v) is 6.54. The van der Waals surface area contributed by atoms with Crippen LogP contribution in [-0.2, 0) is 27.8 Å². The Kier molecular flexibility index (Phi) is 6.20. The predicted molar refractivity (Wildman–Crippen MR) is 118 cm³/mol. The minimum Gasteiger partial charge on any atom is -0.439 e. The number of hydrogen-bond acceptors (Lipinski definition) is 5. The molecule has 0 fully saturated rings. The first-order chi connectivity index (χ1) is 15.3. The molecule has 0 bridgehead atoms. The maximum atomic E-state index is 13.3. The van der Waals surface area contributed by atoms with E-state index in [1.807, 2.05) is 0 Å². The zero-order chi connectivity index (χ0) is 22.7. The van der Waals surface area contributed by atoms with Crippen LogP contribution in [0, 0.1) is 5.82 Å². The second-order valence-corrected chi connectivity index (χ2v) is 9.22. The van der Waals surface area contributed by atoms with Gasteiger partial charge in [0.15, 0.2) is 0 Å². The number of carbonyl (C=O) groups is 1. The number of halogens is 1. The molecule has 0 saturated heterocycles. The minimum atomic E-state index is -3.75. The van der Waals surface area contributed by atoms with E-state index in [0.29, 0.717) is 17.9 Å². The molecule has 166 valence electrons. The Bertz CT molecular complexity index is 1250. The van der Waals surface area contributed by atoms with Gasteiger partial charge in [-0.05, 0) is 54.3 Å². The number of rotatable bonds is 6. The fraction of sp³-hybridized carbons (Fsp3) is 0.217. The van der Waals surface area contributed by atoms with Gasteiger partial charge in [0.05, 0.1) is 4.90 Å². The molecule has 0 aliphatic carbocycles. The van der Waals surface area contributed by atoms with Crippen LogP contribution in [0.5, 0.6) is 11.6 Å². The van der Waals surface area contributed by atoms with Gasteiger partial charge in [0, 0.05) is 44.0 Å². The number of pyridine rings is 1. The number of aromatic nitrogens is 1. The molecule has 0 saturated carbocycles. The van der Waals surface area contributed by atoms with Gasteiger partial charge in [-0.15, -0.1) is 0 Å². The summed E-state index contributed by atoms with van der Waals surface area (Å²) < 4.78 is 46.9. The topological polar surface area (TPSA) is 88.6 Å². The quantitative estimate of drug-likeness (QED) is 0.611. The molecule has 32 heavy (non-hydrogen) atoms. The molecule has 7 nitrogen and oxygen atoms in total. The Labute approximate surface area is 185 Å². The maximum absolute atomic E-state index is 13.3. The van der Waals surface area contributed by atoms with Crippen LogP contribution in [0.25, 0.3) is 0 Å². The number of nitrogens with zero attached hydrogens (tertiary/aromatic N) is 2. The maximum Gasteiger partial charge on any atom is 0.240 e. The second kappa shape index (κ2) is 9.05. The fourth-order valence-corrected chi connectivity index (χ4v) is 4.62. The van der Waals surface area contributed by atoms with Crippen LogP contribution in [-0.4, -0.2) is 25.9 Å². The number of carbonyl (C=O) groups excluding carboxylic acids is 1. The highest BCUT2D eigenvalue weighted by atomic mass is 32.2. The Hall–Kier alpha value is -3.30. The standard InChI is InChI=1S/C23H22FN3O4S/c1-16(28)27-11-3-4-18-12-21(8-9-22(18)27)32(29,30)26-15-17-7-10-23(25-14-17)31-20-6-2-5-19(24)13-20/h2,5-10,12-14,26H,3-4,11,15H2,1H3. The van der Waals surface area contributed by atoms with Crippen molar-refractivity contribution in [1.82, 2.24) is 9.71 Å². The molecule has 0 unspecified atom stereocenters. The number of anilines is 1. The molecule has 2 aromatic carbocycles. The molecule has 0 atom stereocenters. The second-order valence-electron chi connectivity index (χ2n) is 7.45. The summed E-state index contributed by atoms with van der Waals surface area (Å²) in [6, 6.07) is 13.8. The summed E-state index contributed by atoms with van der Waals surface area (Å²) >= 11 is 0. The Morgan fingerprint density at radius 1 is 1.19 bits per heavy atom. The molecule has 4 rings (SSSR count). The van der Waals surface area contributed by atoms with Gasteiger partial charge < -0.3 is 9.64 Å². The number of benzene rings is 2. The smallest absolute Gasteiger partial charge is 0.240 e. The molecule has 9 heteroatoms. The molecular weight excluding hydrogens is 433 g/mol. The number of sulfonamides is 1. The SMILES string of the molecule is CC(=O)N1CCCc2cc(S(=O)(=O)NCc3ccc(Oc4cccc(F)c4)nc3)ccc21. The monoisotopic (exact) mass is 455 g/mol. The van der Waals surface area contributed by atoms with E-state index in [9.17, 15) is 17.6 Å². The number of ether oxygens (including phenoxy) is 1. The van der Waals surface area contributed by atoms with Crippen molar-refractivity contribution in [1.29, 1.82) is 0 Å². The van der Waals surface area contributed by atoms with E-state index in [0.717, 1.165) is 24.1 Å². The van der Waals surface area contributed by atoms with Crippen molar-refractivity contribution < 1.29 is 22.3 Å². The number of hydrogen-bond donors (Lipinski definition) is 1. The van der Waals surface area contributed by atoms with E-state index in [2.05, 4.69) is 9.71 Å². The van der Waals surface area contributed by atoms with Crippen molar-refractivity contribution in [3.8, 4) is 11.6 Å². The van der Waals surface area contributed by atoms with E-state index in [4.69, 9.17) is 4.74 Å². The molecule has 1 amide bonds. The molecule has 1 aliphatic rings. The van der Waals surface area contributed by atoms with E-state index >= 15 is 0 Å². The van der Waals surface area contributed by atoms with Crippen molar-refractivity contribution in [2.45, 2.75) is 31.2 Å². The largest absolute Gasteiger partial charge is 0.439 e. The number of amides is 1. The lowest BCUT2D eigenvalue weighted by molar-refractivity contribution is -0.116. The lowest BCUT2D eigenvalue weighted by Crippen LogP contribution is -2.33. The van der Waals surface area contributed by atoms with Crippen LogP contribution in [0.4, 0.5) is 10.1 Å². The summed E-state index contributed by atoms with van der Waals surface area (Å²) in [5.41, 5.74) is 2.25. The highest BCUT2D eigenvalue weighted by Crippen LogP contribution is 2.29. The van der Waals surface area contributed by atoms with E-state index in [1.54, 1.807) is 35.2 Å². The minimum absolute atomic E-state index is 0.0479. The van der Waals surface area contributed by atoms with Crippen LogP contribution in [0.15, 0.2) is 65.7 Å². The van der Waals surface area contributed by atoms with Gasteiger partial charge in [-0.2, -0.15) is 0 Å². The molecule has 0 spiro atoms. The van der Waals surface area contributed by atoms with Crippen LogP contribution < -0.4 is 14.4 Å². The van der Waals surface area contributed by atoms with Gasteiger partial charge in [-0.3, -0.25) is 4.79 Å². The van der Waals surface area contributed by atoms with Crippen molar-refractivity contribution in [2.75, 3.05) is 11.4 Å². The van der Waals surface area contributed by atoms with Gasteiger partial charge in [-0.1, -0.05) is 12.1 Å². The van der Waals surface area contributed by atoms with Crippen LogP contribution in [0.1, 0.15) is 24.5 Å². The normalized spacial score (nSPS) is 13.5. The molecule has 1 N–H and O–H groups in total. The predicted octanol–water partition coefficient (Wildman–Crippen LogP) is 3.79. The number of fused-ring (bicyclic) bond motifs is 1. The summed E-state index contributed by atoms with van der Waals surface area (Å²) in [7, 11) is -3.75. The van der Waals surface area contributed by atoms with Crippen molar-refractivity contribution in [2.24, 2.45) is 0 Å². The first kappa shape index (κ1) is 21.9. The van der Waals surface area contributed by atoms with Crippen molar-refractivity contribution in [3.05, 3.63) is 77.7 Å². The highest BCUT2D eigenvalue weighted by Gasteiger charge is 2.23. The molecule has 3 aromatic rings. The average Bonchev–Trinajstić information content (AvgIpc) is 2.78. The summed E-state index contributed by atoms with van der Waals surface area (Å²) in [4.78, 5) is 17.8. The lowest BCUT2D eigenvalue weighted by Gasteiger charge is -2.28. The first-order valence-electron chi connectivity index (χ1n) is 10.1. The number of nitrogens with one attached hydrogen (secondary N) is 1. The summed E-state index contributed by atoms with van der Waals surface area (Å²) in [5, 5.41) is 0. The molecule has 2 heterocycles. The Morgan fingerprint density at radius 3 is 2.75 bits per heavy atom. The van der Waals surface area contributed by atoms with Gasteiger partial charge >= 0.3 is 0 Å². The van der Waals surface area contributed by atoms with Crippen LogP contribution in [0.3, 0.4) is 0 Å². The third-order valence-electron chi connectivity index (χ3n) is 5.14. The summed E-state index contributed by atoms with van der Waals surface area (Å²) in [5.74, 6) is 0.121. The Balaban J connectivity index is 1.42. The van der Waals surface area contributed by atoms with Crippen LogP contribution >= 0.6 is 0 Å². The molecule has 1 aromatic heterocycles.